The van der Waals surface area contributed by atoms with Crippen LogP contribution in [0.25, 0.3) is 0 Å². The Morgan fingerprint density at radius 3 is 2.52 bits per heavy atom. The number of rotatable bonds is 4. The van der Waals surface area contributed by atoms with E-state index in [1.165, 1.54) is 0 Å². The highest BCUT2D eigenvalue weighted by atomic mass is 16.6. The molecule has 1 unspecified atom stereocenters. The van der Waals surface area contributed by atoms with E-state index in [0.717, 1.165) is 24.0 Å². The number of carbonyl (C=O) groups is 1. The Hall–Kier alpha value is -2.87. The zero-order chi connectivity index (χ0) is 17.5. The molecular weight excluding hydrogens is 314 g/mol. The zero-order valence-electron chi connectivity index (χ0n) is 14.0. The molecule has 5 nitrogen and oxygen atoms in total. The Labute approximate surface area is 147 Å². The number of hydrogen-bond donors (Lipinski definition) is 0. The van der Waals surface area contributed by atoms with Gasteiger partial charge in [-0.3, -0.25) is 4.98 Å². The van der Waals surface area contributed by atoms with Crippen molar-refractivity contribution < 1.29 is 9.53 Å². The summed E-state index contributed by atoms with van der Waals surface area (Å²) in [7, 11) is 0. The normalized spacial score (nSPS) is 16.0. The van der Waals surface area contributed by atoms with Crippen molar-refractivity contribution in [2.75, 3.05) is 13.1 Å². The van der Waals surface area contributed by atoms with Gasteiger partial charge in [0.05, 0.1) is 12.0 Å². The lowest BCUT2D eigenvalue weighted by Crippen LogP contribution is -2.39. The maximum absolute atomic E-state index is 12.2. The maximum Gasteiger partial charge on any atom is 0.410 e. The first-order chi connectivity index (χ1) is 12.3. The van der Waals surface area contributed by atoms with Crippen molar-refractivity contribution in [1.82, 2.24) is 9.88 Å². The van der Waals surface area contributed by atoms with Gasteiger partial charge >= 0.3 is 6.09 Å². The molecule has 1 aromatic carbocycles. The summed E-state index contributed by atoms with van der Waals surface area (Å²) in [6.07, 6.45) is 4.77. The minimum atomic E-state index is -0.278. The second-order valence-corrected chi connectivity index (χ2v) is 6.25. The summed E-state index contributed by atoms with van der Waals surface area (Å²) in [5.41, 5.74) is 1.98. The maximum atomic E-state index is 12.2. The Kier molecular flexibility index (Phi) is 5.63. The molecule has 0 aliphatic carbocycles. The number of nitrogens with zero attached hydrogens (tertiary/aromatic N) is 3. The van der Waals surface area contributed by atoms with Crippen molar-refractivity contribution in [3.8, 4) is 6.07 Å². The van der Waals surface area contributed by atoms with Gasteiger partial charge in [-0.1, -0.05) is 30.3 Å². The molecule has 2 aromatic rings. The summed E-state index contributed by atoms with van der Waals surface area (Å²) in [4.78, 5) is 18.0. The predicted octanol–water partition coefficient (Wildman–Crippen LogP) is 3.74. The van der Waals surface area contributed by atoms with Crippen LogP contribution in [0.2, 0.25) is 0 Å². The monoisotopic (exact) mass is 335 g/mol. The number of ether oxygens (including phenoxy) is 1. The summed E-state index contributed by atoms with van der Waals surface area (Å²) in [6.45, 7) is 1.54. The second kappa shape index (κ2) is 8.29. The molecule has 0 N–H and O–H groups in total. The van der Waals surface area contributed by atoms with E-state index >= 15 is 0 Å². The molecule has 1 aliphatic rings. The highest BCUT2D eigenvalue weighted by molar-refractivity contribution is 5.67. The number of piperidine rings is 1. The van der Waals surface area contributed by atoms with Crippen LogP contribution in [0, 0.1) is 17.2 Å². The standard InChI is InChI=1S/C20H21N3O2/c21-14-19(17-6-10-22-11-7-17)18-8-12-23(13-9-18)20(24)25-15-16-4-2-1-3-5-16/h1-7,10-11,18-19H,8-9,12-13,15H2. The average Bonchev–Trinajstić information content (AvgIpc) is 2.69. The summed E-state index contributed by atoms with van der Waals surface area (Å²) < 4.78 is 5.39. The number of hydrogen-bond acceptors (Lipinski definition) is 4. The van der Waals surface area contributed by atoms with Gasteiger partial charge in [-0.05, 0) is 42.0 Å². The fourth-order valence-electron chi connectivity index (χ4n) is 3.25. The first-order valence-corrected chi connectivity index (χ1v) is 8.53. The largest absolute Gasteiger partial charge is 0.445 e. The molecule has 1 fully saturated rings. The summed E-state index contributed by atoms with van der Waals surface area (Å²) in [5, 5.41) is 9.54. The molecule has 0 bridgehead atoms. The molecule has 1 atom stereocenters. The van der Waals surface area contributed by atoms with Gasteiger partial charge < -0.3 is 9.64 Å². The number of aromatic nitrogens is 1. The number of benzene rings is 1. The van der Waals surface area contributed by atoms with Crippen LogP contribution < -0.4 is 0 Å². The van der Waals surface area contributed by atoms with E-state index in [9.17, 15) is 10.1 Å². The highest BCUT2D eigenvalue weighted by Crippen LogP contribution is 2.32. The average molecular weight is 335 g/mol. The molecule has 5 heteroatoms. The molecule has 3 rings (SSSR count). The van der Waals surface area contributed by atoms with E-state index in [-0.39, 0.29) is 24.5 Å². The lowest BCUT2D eigenvalue weighted by Gasteiger charge is -2.33. The van der Waals surface area contributed by atoms with Gasteiger partial charge in [-0.15, -0.1) is 0 Å². The Morgan fingerprint density at radius 2 is 1.88 bits per heavy atom. The fourth-order valence-corrected chi connectivity index (χ4v) is 3.25. The molecule has 1 amide bonds. The van der Waals surface area contributed by atoms with Crippen LogP contribution in [0.3, 0.4) is 0 Å². The van der Waals surface area contributed by atoms with Gasteiger partial charge in [0.1, 0.15) is 6.61 Å². The Balaban J connectivity index is 1.51. The van der Waals surface area contributed by atoms with E-state index < -0.39 is 0 Å². The third kappa shape index (κ3) is 4.36. The Bertz CT molecular complexity index is 720. The minimum Gasteiger partial charge on any atom is -0.445 e. The third-order valence-electron chi connectivity index (χ3n) is 4.68. The van der Waals surface area contributed by atoms with E-state index in [1.807, 2.05) is 42.5 Å². The number of likely N-dealkylation sites (tertiary alicyclic amines) is 1. The molecule has 0 spiro atoms. The number of nitriles is 1. The van der Waals surface area contributed by atoms with E-state index in [0.29, 0.717) is 13.1 Å². The quantitative estimate of drug-likeness (QED) is 0.854. The van der Waals surface area contributed by atoms with Crippen molar-refractivity contribution in [2.45, 2.75) is 25.4 Å². The summed E-state index contributed by atoms with van der Waals surface area (Å²) in [6, 6.07) is 15.9. The van der Waals surface area contributed by atoms with E-state index in [2.05, 4.69) is 11.1 Å². The van der Waals surface area contributed by atoms with Gasteiger partial charge in [0, 0.05) is 25.5 Å². The van der Waals surface area contributed by atoms with E-state index in [4.69, 9.17) is 4.74 Å². The number of carbonyl (C=O) groups excluding carboxylic acids is 1. The van der Waals surface area contributed by atoms with Gasteiger partial charge in [-0.2, -0.15) is 5.26 Å². The van der Waals surface area contributed by atoms with Crippen LogP contribution in [-0.4, -0.2) is 29.1 Å². The number of amides is 1. The van der Waals surface area contributed by atoms with Crippen LogP contribution in [0.15, 0.2) is 54.9 Å². The van der Waals surface area contributed by atoms with Crippen LogP contribution in [0.4, 0.5) is 4.79 Å². The van der Waals surface area contributed by atoms with Gasteiger partial charge in [0.2, 0.25) is 0 Å². The zero-order valence-corrected chi connectivity index (χ0v) is 14.0. The molecule has 0 saturated carbocycles. The topological polar surface area (TPSA) is 66.2 Å². The summed E-state index contributed by atoms with van der Waals surface area (Å²) >= 11 is 0. The van der Waals surface area contributed by atoms with Crippen LogP contribution in [0.1, 0.15) is 29.9 Å². The van der Waals surface area contributed by atoms with E-state index in [1.54, 1.807) is 17.3 Å². The molecule has 128 valence electrons. The SMILES string of the molecule is N#CC(c1ccncc1)C1CCN(C(=O)OCc2ccccc2)CC1. The van der Waals surface area contributed by atoms with Gasteiger partial charge in [0.15, 0.2) is 0 Å². The van der Waals surface area contributed by atoms with Crippen LogP contribution in [0.5, 0.6) is 0 Å². The molecule has 2 heterocycles. The van der Waals surface area contributed by atoms with Crippen molar-refractivity contribution in [2.24, 2.45) is 5.92 Å². The molecule has 1 aliphatic heterocycles. The summed E-state index contributed by atoms with van der Waals surface area (Å²) in [5.74, 6) is 0.107. The van der Waals surface area contributed by atoms with Crippen LogP contribution in [-0.2, 0) is 11.3 Å². The Morgan fingerprint density at radius 1 is 1.20 bits per heavy atom. The van der Waals surface area contributed by atoms with Gasteiger partial charge in [0.25, 0.3) is 0 Å². The molecule has 1 aromatic heterocycles. The van der Waals surface area contributed by atoms with Crippen molar-refractivity contribution in [3.63, 3.8) is 0 Å². The second-order valence-electron chi connectivity index (χ2n) is 6.25. The lowest BCUT2D eigenvalue weighted by atomic mass is 9.81. The molecule has 1 saturated heterocycles. The lowest BCUT2D eigenvalue weighted by molar-refractivity contribution is 0.0812. The molecular formula is C20H21N3O2. The smallest absolute Gasteiger partial charge is 0.410 e. The first-order valence-electron chi connectivity index (χ1n) is 8.53. The minimum absolute atomic E-state index is 0.148. The number of pyridine rings is 1. The van der Waals surface area contributed by atoms with Crippen molar-refractivity contribution in [1.29, 1.82) is 5.26 Å². The highest BCUT2D eigenvalue weighted by Gasteiger charge is 2.30. The predicted molar refractivity (Wildman–Crippen MR) is 93.5 cm³/mol. The first kappa shape index (κ1) is 17.0. The van der Waals surface area contributed by atoms with Crippen molar-refractivity contribution in [3.05, 3.63) is 66.0 Å². The van der Waals surface area contributed by atoms with Gasteiger partial charge in [-0.25, -0.2) is 4.79 Å². The molecule has 25 heavy (non-hydrogen) atoms. The van der Waals surface area contributed by atoms with Crippen LogP contribution >= 0.6 is 0 Å². The van der Waals surface area contributed by atoms with Crippen molar-refractivity contribution >= 4 is 6.09 Å². The third-order valence-corrected chi connectivity index (χ3v) is 4.68. The fraction of sp³-hybridized carbons (Fsp3) is 0.350. The molecule has 0 radical (unpaired) electrons.